The molecule has 4 fully saturated rings. The molecule has 0 radical (unpaired) electrons. The second-order valence-corrected chi connectivity index (χ2v) is 17.3. The first-order valence-electron chi connectivity index (χ1n) is 18.6. The maximum atomic E-state index is 14.6. The molecule has 1 saturated heterocycles. The Morgan fingerprint density at radius 2 is 1.83 bits per heavy atom. The second-order valence-electron chi connectivity index (χ2n) is 15.7. The van der Waals surface area contributed by atoms with E-state index in [1.54, 1.807) is 19.3 Å². The molecular formula is C39H51ClN4O9S. The summed E-state index contributed by atoms with van der Waals surface area (Å²) >= 11 is 8.34. The van der Waals surface area contributed by atoms with Crippen LogP contribution in [0.1, 0.15) is 59.8 Å². The van der Waals surface area contributed by atoms with Gasteiger partial charge in [-0.05, 0) is 60.8 Å². The third-order valence-electron chi connectivity index (χ3n) is 10.8. The molecule has 1 aromatic carbocycles. The van der Waals surface area contributed by atoms with Crippen molar-refractivity contribution in [2.24, 2.45) is 23.2 Å². The molecule has 1 aliphatic heterocycles. The van der Waals surface area contributed by atoms with E-state index in [2.05, 4.69) is 17.2 Å². The zero-order valence-electron chi connectivity index (χ0n) is 31.8. The molecule has 54 heavy (non-hydrogen) atoms. The number of nitrogens with one attached hydrogen (secondary N) is 2. The first-order chi connectivity index (χ1) is 25.7. The average Bonchev–Trinajstić information content (AvgIpc) is 3.94. The molecule has 0 unspecified atom stereocenters. The number of likely N-dealkylation sites (tertiary alicyclic amines) is 1. The number of nitrogens with zero attached hydrogens (tertiary/aromatic N) is 2. The number of halogens is 1. The number of pyridine rings is 1. The molecule has 15 heteroatoms. The Morgan fingerprint density at radius 3 is 2.46 bits per heavy atom. The first kappa shape index (κ1) is 39.9. The molecule has 3 amide bonds. The van der Waals surface area contributed by atoms with E-state index >= 15 is 0 Å². The Balaban J connectivity index is 1.29. The minimum atomic E-state index is -1.28. The van der Waals surface area contributed by atoms with Gasteiger partial charge in [0, 0.05) is 30.9 Å². The van der Waals surface area contributed by atoms with Crippen LogP contribution in [0.5, 0.6) is 11.5 Å². The number of benzene rings is 1. The number of fused-ring (bicyclic) bond motifs is 2. The SMILES string of the molecule is C=C[C@@H]1C[C@]1(NC(=O)[C@@H]1C[C@@H](Oc2cc(SCC)nc3c(Cl)c(OCCOC)ccc23)CN1C(=O)[C@@H](NC(=O)O[C@@H]1C[C@@H]2C[C@@H]2C1)C(C)(C)C)C(=O)OC. The van der Waals surface area contributed by atoms with E-state index < -0.39 is 53.0 Å². The fraction of sp³-hybridized carbons (Fsp3) is 0.615. The summed E-state index contributed by atoms with van der Waals surface area (Å²) in [6.07, 6.45) is 3.40. The summed E-state index contributed by atoms with van der Waals surface area (Å²) in [6, 6.07) is 3.31. The predicted molar refractivity (Wildman–Crippen MR) is 204 cm³/mol. The van der Waals surface area contributed by atoms with Gasteiger partial charge in [0.05, 0.1) is 25.8 Å². The number of aromatic nitrogens is 1. The molecule has 2 aromatic rings. The standard InChI is InChI=1S/C39H51ClN4O9S/c1-8-23-19-39(23,36(47)50-7)43-34(45)27-17-25(20-44(27)35(46)33(38(3,4)5)42-37(48)53-24-15-21-14-22(21)16-24)52-29-18-30(54-9-2)41-32-26(29)10-11-28(31(32)40)51-13-12-49-6/h8,10-11,18,21-25,27,33H,1,9,12-17,19-20H2,2-7H3,(H,42,48)(H,43,45)/t21-,22+,23-,24+,25-,27+,33-,39-/m1/s1. The van der Waals surface area contributed by atoms with Crippen LogP contribution in [0, 0.1) is 23.2 Å². The quantitative estimate of drug-likeness (QED) is 0.101. The lowest BCUT2D eigenvalue weighted by Gasteiger charge is -2.35. The first-order valence-corrected chi connectivity index (χ1v) is 19.9. The Bertz CT molecular complexity index is 1780. The molecule has 0 spiro atoms. The summed E-state index contributed by atoms with van der Waals surface area (Å²) in [4.78, 5) is 61.2. The van der Waals surface area contributed by atoms with Crippen LogP contribution < -0.4 is 20.1 Å². The zero-order chi connectivity index (χ0) is 38.9. The summed E-state index contributed by atoms with van der Waals surface area (Å²) in [5.41, 5.74) is -1.54. The third kappa shape index (κ3) is 8.40. The molecule has 3 saturated carbocycles. The highest BCUT2D eigenvalue weighted by Crippen LogP contribution is 2.52. The van der Waals surface area contributed by atoms with Crippen molar-refractivity contribution < 1.29 is 42.9 Å². The van der Waals surface area contributed by atoms with Gasteiger partial charge in [-0.15, -0.1) is 18.3 Å². The van der Waals surface area contributed by atoms with Gasteiger partial charge in [0.2, 0.25) is 11.8 Å². The molecule has 0 bridgehead atoms. The van der Waals surface area contributed by atoms with Crippen LogP contribution >= 0.6 is 23.4 Å². The summed E-state index contributed by atoms with van der Waals surface area (Å²) in [5, 5.41) is 7.36. The van der Waals surface area contributed by atoms with Crippen LogP contribution in [0.25, 0.3) is 10.9 Å². The van der Waals surface area contributed by atoms with Crippen LogP contribution in [-0.2, 0) is 28.6 Å². The molecular weight excluding hydrogens is 736 g/mol. The number of esters is 1. The summed E-state index contributed by atoms with van der Waals surface area (Å²) < 4.78 is 28.4. The van der Waals surface area contributed by atoms with E-state index in [-0.39, 0.29) is 25.0 Å². The van der Waals surface area contributed by atoms with E-state index in [0.29, 0.717) is 63.9 Å². The smallest absolute Gasteiger partial charge is 0.408 e. The summed E-state index contributed by atoms with van der Waals surface area (Å²) in [6.45, 7) is 12.1. The molecule has 6 rings (SSSR count). The number of hydrogen-bond acceptors (Lipinski definition) is 11. The van der Waals surface area contributed by atoms with Crippen molar-refractivity contribution in [3.05, 3.63) is 35.9 Å². The number of carbonyl (C=O) groups excluding carboxylic acids is 4. The molecule has 3 aliphatic carbocycles. The monoisotopic (exact) mass is 786 g/mol. The predicted octanol–water partition coefficient (Wildman–Crippen LogP) is 5.55. The highest BCUT2D eigenvalue weighted by atomic mass is 35.5. The van der Waals surface area contributed by atoms with Crippen molar-refractivity contribution in [3.8, 4) is 11.5 Å². The van der Waals surface area contributed by atoms with Gasteiger partial charge in [0.25, 0.3) is 0 Å². The van der Waals surface area contributed by atoms with Gasteiger partial charge in [-0.25, -0.2) is 14.6 Å². The van der Waals surface area contributed by atoms with E-state index in [1.165, 1.54) is 30.2 Å². The Hall–Kier alpha value is -3.75. The lowest BCUT2D eigenvalue weighted by atomic mass is 9.85. The third-order valence-corrected chi connectivity index (χ3v) is 12.0. The normalized spacial score (nSPS) is 27.4. The van der Waals surface area contributed by atoms with E-state index in [4.69, 9.17) is 40.3 Å². The zero-order valence-corrected chi connectivity index (χ0v) is 33.3. The number of hydrogen-bond donors (Lipinski definition) is 2. The van der Waals surface area contributed by atoms with Gasteiger partial charge in [-0.1, -0.05) is 45.4 Å². The molecule has 13 nitrogen and oxygen atoms in total. The molecule has 2 N–H and O–H groups in total. The molecule has 1 aromatic heterocycles. The van der Waals surface area contributed by atoms with Crippen molar-refractivity contribution in [1.82, 2.24) is 20.5 Å². The van der Waals surface area contributed by atoms with Crippen LogP contribution in [0.15, 0.2) is 35.9 Å². The van der Waals surface area contributed by atoms with Crippen molar-refractivity contribution in [2.45, 2.75) is 94.7 Å². The second kappa shape index (κ2) is 16.2. The lowest BCUT2D eigenvalue weighted by Crippen LogP contribution is -2.59. The average molecular weight is 787 g/mol. The Kier molecular flexibility index (Phi) is 11.9. The highest BCUT2D eigenvalue weighted by Gasteiger charge is 2.62. The van der Waals surface area contributed by atoms with Crippen LogP contribution in [0.3, 0.4) is 0 Å². The lowest BCUT2D eigenvalue weighted by molar-refractivity contribution is -0.148. The number of ether oxygens (including phenoxy) is 5. The highest BCUT2D eigenvalue weighted by molar-refractivity contribution is 7.99. The van der Waals surface area contributed by atoms with Crippen molar-refractivity contribution in [3.63, 3.8) is 0 Å². The van der Waals surface area contributed by atoms with Gasteiger partial charge in [0.15, 0.2) is 0 Å². The van der Waals surface area contributed by atoms with Crippen LogP contribution in [0.4, 0.5) is 4.79 Å². The minimum absolute atomic E-state index is 0.0222. The van der Waals surface area contributed by atoms with E-state index in [9.17, 15) is 19.2 Å². The molecule has 2 heterocycles. The number of carbonyl (C=O) groups is 4. The summed E-state index contributed by atoms with van der Waals surface area (Å²) in [5.74, 6) is 0.995. The molecule has 8 atom stereocenters. The maximum absolute atomic E-state index is 14.6. The minimum Gasteiger partial charge on any atom is -0.490 e. The van der Waals surface area contributed by atoms with Crippen molar-refractivity contribution in [2.75, 3.05) is 39.7 Å². The number of methoxy groups -OCH3 is 2. The van der Waals surface area contributed by atoms with Crippen LogP contribution in [-0.4, -0.2) is 103 Å². The van der Waals surface area contributed by atoms with E-state index in [1.807, 2.05) is 39.8 Å². The number of amides is 3. The topological polar surface area (TPSA) is 155 Å². The Morgan fingerprint density at radius 1 is 1.09 bits per heavy atom. The van der Waals surface area contributed by atoms with E-state index in [0.717, 1.165) is 18.6 Å². The summed E-state index contributed by atoms with van der Waals surface area (Å²) in [7, 11) is 2.85. The van der Waals surface area contributed by atoms with Gasteiger partial charge in [-0.3, -0.25) is 9.59 Å². The van der Waals surface area contributed by atoms with Gasteiger partial charge in [-0.2, -0.15) is 0 Å². The fourth-order valence-corrected chi connectivity index (χ4v) is 8.67. The van der Waals surface area contributed by atoms with Crippen LogP contribution in [0.2, 0.25) is 5.02 Å². The maximum Gasteiger partial charge on any atom is 0.408 e. The van der Waals surface area contributed by atoms with Gasteiger partial charge < -0.3 is 39.2 Å². The van der Waals surface area contributed by atoms with Gasteiger partial charge in [0.1, 0.15) is 58.0 Å². The molecule has 294 valence electrons. The number of rotatable bonds is 15. The fourth-order valence-electron chi connectivity index (χ4n) is 7.77. The molecule has 4 aliphatic rings. The number of thioether (sulfide) groups is 1. The van der Waals surface area contributed by atoms with Crippen molar-refractivity contribution in [1.29, 1.82) is 0 Å². The number of alkyl carbamates (subject to hydrolysis) is 1. The largest absolute Gasteiger partial charge is 0.490 e. The van der Waals surface area contributed by atoms with Gasteiger partial charge >= 0.3 is 12.1 Å². The Labute approximate surface area is 325 Å². The van der Waals surface area contributed by atoms with Crippen molar-refractivity contribution >= 4 is 58.1 Å².